The number of carbonyl (C=O) groups excluding carboxylic acids is 9. The third-order valence-corrected chi connectivity index (χ3v) is 16.1. The maximum atomic E-state index is 15.0. The molecular weight excluding hydrogens is 1060 g/mol. The fourth-order valence-corrected chi connectivity index (χ4v) is 11.4. The summed E-state index contributed by atoms with van der Waals surface area (Å²) in [6.07, 6.45) is 3.29. The minimum absolute atomic E-state index is 0.00924. The molecule has 4 aromatic rings. The number of thioether (sulfide) groups is 1. The smallest absolute Gasteiger partial charge is 0.246 e. The van der Waals surface area contributed by atoms with Crippen molar-refractivity contribution in [1.82, 2.24) is 51.6 Å². The van der Waals surface area contributed by atoms with Gasteiger partial charge in [0.05, 0.1) is 5.75 Å². The molecule has 3 aromatic carbocycles. The van der Waals surface area contributed by atoms with E-state index in [0.717, 1.165) is 27.6 Å². The van der Waals surface area contributed by atoms with Gasteiger partial charge in [0, 0.05) is 69.3 Å². The molecule has 0 unspecified atom stereocenters. The Morgan fingerprint density at radius 1 is 0.537 bits per heavy atom. The van der Waals surface area contributed by atoms with Crippen molar-refractivity contribution >= 4 is 75.8 Å². The minimum Gasteiger partial charge on any atom is -0.353 e. The molecule has 0 bridgehead atoms. The number of nitrogens with one attached hydrogen (secondary N) is 7. The zero-order valence-electron chi connectivity index (χ0n) is 49.3. The van der Waals surface area contributed by atoms with Crippen LogP contribution in [0.2, 0.25) is 0 Å². The molecule has 19 nitrogen and oxygen atoms in total. The second-order valence-corrected chi connectivity index (χ2v) is 24.5. The molecule has 2 aliphatic rings. The number of amides is 9. The number of fused-ring (bicyclic) bond motifs is 2. The summed E-state index contributed by atoms with van der Waals surface area (Å²) in [5.74, 6) is -5.94. The molecule has 0 saturated carbocycles. The summed E-state index contributed by atoms with van der Waals surface area (Å²) in [5.41, 5.74) is 3.20. The van der Waals surface area contributed by atoms with Crippen LogP contribution in [0, 0.1) is 23.7 Å². The van der Waals surface area contributed by atoms with E-state index in [1.54, 1.807) is 27.7 Å². The van der Waals surface area contributed by atoms with Gasteiger partial charge in [-0.15, -0.1) is 0 Å². The van der Waals surface area contributed by atoms with Crippen molar-refractivity contribution in [3.8, 4) is 0 Å². The maximum absolute atomic E-state index is 15.0. The summed E-state index contributed by atoms with van der Waals surface area (Å²) < 4.78 is 1.93. The molecule has 6 rings (SSSR count). The quantitative estimate of drug-likeness (QED) is 0.107. The average Bonchev–Trinajstić information content (AvgIpc) is 4.26. The first-order valence-corrected chi connectivity index (χ1v) is 30.0. The number of hydrogen-bond acceptors (Lipinski definition) is 10. The number of para-hydroxylation sites is 1. The van der Waals surface area contributed by atoms with Crippen LogP contribution in [0.1, 0.15) is 97.8 Å². The summed E-state index contributed by atoms with van der Waals surface area (Å²) in [4.78, 5) is 133. The van der Waals surface area contributed by atoms with Crippen LogP contribution in [0.15, 0.2) is 91.1 Å². The van der Waals surface area contributed by atoms with Crippen LogP contribution in [-0.4, -0.2) is 148 Å². The van der Waals surface area contributed by atoms with Gasteiger partial charge in [0.1, 0.15) is 48.3 Å². The molecule has 3 heterocycles. The van der Waals surface area contributed by atoms with Crippen LogP contribution < -0.4 is 37.2 Å². The summed E-state index contributed by atoms with van der Waals surface area (Å²) >= 11 is 1.24. The minimum atomic E-state index is -1.26. The Balaban J connectivity index is 1.37. The monoisotopic (exact) mass is 1150 g/mol. The van der Waals surface area contributed by atoms with Crippen LogP contribution in [0.5, 0.6) is 0 Å². The van der Waals surface area contributed by atoms with Gasteiger partial charge in [-0.25, -0.2) is 0 Å². The SMILES string of the molecule is CC(C)C[C@@H]1NC(=O)[C@H](C(C)C)NC(=O)[C@@H]2CCCN2C(=O)[C@H](C(C)C)NC(=O)[C@H](Cc2ccccc2)NC(=O)CSCCNC(=O)[C@H](Cc2ccccc2)N(C)C(=O)[C@H](CC(C)C)NC(=O)[C@H](Cc2cn(C)c3ccccc23)NC1=O. The van der Waals surface area contributed by atoms with Crippen LogP contribution in [0.4, 0.5) is 0 Å². The number of rotatable bonds is 12. The number of aryl methyl sites for hydroxylation is 1. The van der Waals surface area contributed by atoms with E-state index in [4.69, 9.17) is 0 Å². The van der Waals surface area contributed by atoms with Gasteiger partial charge in [0.25, 0.3) is 0 Å². The number of nitrogens with zero attached hydrogens (tertiary/aromatic N) is 3. The van der Waals surface area contributed by atoms with Crippen molar-refractivity contribution in [2.75, 3.05) is 31.6 Å². The molecule has 8 atom stereocenters. The number of likely N-dealkylation sites (N-methyl/N-ethyl adjacent to an activating group) is 1. The van der Waals surface area contributed by atoms with E-state index in [9.17, 15) is 38.4 Å². The van der Waals surface area contributed by atoms with Gasteiger partial charge in [0.15, 0.2) is 0 Å². The lowest BCUT2D eigenvalue weighted by atomic mass is 9.97. The Morgan fingerprint density at radius 2 is 1.07 bits per heavy atom. The molecule has 7 N–H and O–H groups in total. The lowest BCUT2D eigenvalue weighted by Gasteiger charge is -2.33. The first-order valence-electron chi connectivity index (χ1n) is 28.9. The Morgan fingerprint density at radius 3 is 1.71 bits per heavy atom. The topological polar surface area (TPSA) is 249 Å². The van der Waals surface area contributed by atoms with Crippen LogP contribution in [0.25, 0.3) is 10.9 Å². The molecule has 0 radical (unpaired) electrons. The Bertz CT molecular complexity index is 2860. The van der Waals surface area contributed by atoms with Crippen molar-refractivity contribution in [2.45, 2.75) is 149 Å². The molecule has 2 fully saturated rings. The Kier molecular flexibility index (Phi) is 23.5. The summed E-state index contributed by atoms with van der Waals surface area (Å²) in [5, 5.41) is 21.3. The normalized spacial score (nSPS) is 24.2. The highest BCUT2D eigenvalue weighted by Crippen LogP contribution is 2.24. The molecular formula is C62H86N10O9S. The fourth-order valence-electron chi connectivity index (χ4n) is 10.7. The number of aromatic nitrogens is 1. The third kappa shape index (κ3) is 17.6. The zero-order valence-corrected chi connectivity index (χ0v) is 50.1. The van der Waals surface area contributed by atoms with E-state index in [1.165, 1.54) is 28.6 Å². The largest absolute Gasteiger partial charge is 0.353 e. The van der Waals surface area contributed by atoms with Gasteiger partial charge >= 0.3 is 0 Å². The second-order valence-electron chi connectivity index (χ2n) is 23.4. The van der Waals surface area contributed by atoms with E-state index in [2.05, 4.69) is 37.2 Å². The molecule has 2 aliphatic heterocycles. The van der Waals surface area contributed by atoms with Crippen molar-refractivity contribution in [2.24, 2.45) is 30.7 Å². The van der Waals surface area contributed by atoms with Crippen molar-refractivity contribution in [3.05, 3.63) is 108 Å². The zero-order chi connectivity index (χ0) is 59.8. The number of carbonyl (C=O) groups is 9. The maximum Gasteiger partial charge on any atom is 0.246 e. The van der Waals surface area contributed by atoms with Crippen molar-refractivity contribution in [1.29, 1.82) is 0 Å². The molecule has 20 heteroatoms. The summed E-state index contributed by atoms with van der Waals surface area (Å²) in [6, 6.07) is 17.2. The highest BCUT2D eigenvalue weighted by atomic mass is 32.2. The molecule has 444 valence electrons. The molecule has 9 amide bonds. The molecule has 0 spiro atoms. The van der Waals surface area contributed by atoms with Gasteiger partial charge in [-0.05, 0) is 72.1 Å². The highest BCUT2D eigenvalue weighted by molar-refractivity contribution is 7.99. The van der Waals surface area contributed by atoms with Crippen LogP contribution >= 0.6 is 11.8 Å². The van der Waals surface area contributed by atoms with E-state index in [-0.39, 0.29) is 62.8 Å². The van der Waals surface area contributed by atoms with E-state index < -0.39 is 113 Å². The lowest BCUT2D eigenvalue weighted by molar-refractivity contribution is -0.143. The van der Waals surface area contributed by atoms with Gasteiger partial charge < -0.3 is 51.6 Å². The lowest BCUT2D eigenvalue weighted by Crippen LogP contribution is -2.61. The highest BCUT2D eigenvalue weighted by Gasteiger charge is 2.42. The summed E-state index contributed by atoms with van der Waals surface area (Å²) in [7, 11) is 3.42. The fraction of sp³-hybridized carbons (Fsp3) is 0.532. The third-order valence-electron chi connectivity index (χ3n) is 15.1. The molecule has 0 aliphatic carbocycles. The predicted octanol–water partition coefficient (Wildman–Crippen LogP) is 4.20. The molecule has 82 heavy (non-hydrogen) atoms. The average molecular weight is 1150 g/mol. The van der Waals surface area contributed by atoms with Gasteiger partial charge in [-0.1, -0.05) is 134 Å². The Hall–Kier alpha value is -7.22. The molecule has 1 aromatic heterocycles. The first kappa shape index (κ1) is 64.0. The van der Waals surface area contributed by atoms with Crippen LogP contribution in [0.3, 0.4) is 0 Å². The van der Waals surface area contributed by atoms with E-state index >= 15 is 4.79 Å². The molecule has 2 saturated heterocycles. The summed E-state index contributed by atoms with van der Waals surface area (Å²) in [6.45, 7) is 15.0. The Labute approximate surface area is 487 Å². The van der Waals surface area contributed by atoms with E-state index in [0.29, 0.717) is 18.6 Å². The predicted molar refractivity (Wildman–Crippen MR) is 319 cm³/mol. The standard InChI is InChI=1S/C62H86N10O9S/c1-37(2)30-45-55(74)65-47(34-43-35-70(9)49-25-18-17-24-44(43)49)56(75)67-48(31-38(3)4)61(80)71(10)51(33-42-22-15-12-16-23-42)58(77)63-27-29-82-36-52(73)64-46(32-41-20-13-11-14-21-41)57(76)69-54(40(7)8)62(81)72-28-19-26-50(72)59(78)68-53(39(5)6)60(79)66-45/h11-18,20-25,35,37-40,45-48,50-51,53-54H,19,26-34,36H2,1-10H3,(H,63,77)(H,64,73)(H,65,74)(H,66,79)(H,67,75)(H,68,78)(H,69,76)/t45-,46-,47-,48-,50-,51-,53-,54-/m0/s1. The second kappa shape index (κ2) is 30.2. The number of benzene rings is 3. The van der Waals surface area contributed by atoms with Gasteiger partial charge in [0.2, 0.25) is 53.2 Å². The van der Waals surface area contributed by atoms with Crippen LogP contribution in [-0.2, 0) is 69.5 Å². The number of hydrogen-bond donors (Lipinski definition) is 7. The van der Waals surface area contributed by atoms with Gasteiger partial charge in [-0.3, -0.25) is 43.2 Å². The first-order chi connectivity index (χ1) is 39.0. The van der Waals surface area contributed by atoms with E-state index in [1.807, 2.05) is 130 Å². The van der Waals surface area contributed by atoms with Crippen molar-refractivity contribution in [3.63, 3.8) is 0 Å². The van der Waals surface area contributed by atoms with Gasteiger partial charge in [-0.2, -0.15) is 11.8 Å². The van der Waals surface area contributed by atoms with Crippen molar-refractivity contribution < 1.29 is 43.2 Å².